The molecular weight excluding hydrogens is 366 g/mol. The van der Waals surface area contributed by atoms with Crippen molar-refractivity contribution in [2.24, 2.45) is 0 Å². The maximum atomic E-state index is 12.3. The molecule has 0 aromatic heterocycles. The molecule has 0 aliphatic carbocycles. The molecule has 1 fully saturated rings. The molecule has 2 aliphatic heterocycles. The topological polar surface area (TPSA) is 54.0 Å². The Balaban J connectivity index is 1.15. The number of rotatable bonds is 7. The number of ether oxygens (including phenoxy) is 2. The van der Waals surface area contributed by atoms with E-state index < -0.39 is 0 Å². The van der Waals surface area contributed by atoms with E-state index in [0.29, 0.717) is 13.1 Å². The van der Waals surface area contributed by atoms with Crippen molar-refractivity contribution in [3.8, 4) is 11.5 Å². The Bertz CT molecular complexity index is 846. The molecule has 0 atom stereocenters. The molecule has 0 saturated carbocycles. The van der Waals surface area contributed by atoms with E-state index in [-0.39, 0.29) is 12.7 Å². The second-order valence-electron chi connectivity index (χ2n) is 7.35. The van der Waals surface area contributed by atoms with Crippen LogP contribution < -0.4 is 14.8 Å². The lowest BCUT2D eigenvalue weighted by atomic mass is 10.2. The molecule has 29 heavy (non-hydrogen) atoms. The predicted octanol–water partition coefficient (Wildman–Crippen LogP) is 2.36. The molecule has 0 spiro atoms. The first kappa shape index (κ1) is 19.5. The summed E-state index contributed by atoms with van der Waals surface area (Å²) in [5.41, 5.74) is 2.24. The number of fused-ring (bicyclic) bond motifs is 1. The molecule has 152 valence electrons. The third-order valence-corrected chi connectivity index (χ3v) is 5.23. The molecular formula is C23H27N3O3. The molecule has 4 rings (SSSR count). The summed E-state index contributed by atoms with van der Waals surface area (Å²) in [6.07, 6.45) is 4.37. The van der Waals surface area contributed by atoms with Gasteiger partial charge in [0.2, 0.25) is 12.7 Å². The maximum absolute atomic E-state index is 12.3. The first-order valence-corrected chi connectivity index (χ1v) is 10.1. The molecule has 1 saturated heterocycles. The Labute approximate surface area is 171 Å². The van der Waals surface area contributed by atoms with Crippen LogP contribution in [0.2, 0.25) is 0 Å². The zero-order valence-corrected chi connectivity index (χ0v) is 16.5. The fraction of sp³-hybridized carbons (Fsp3) is 0.348. The number of benzene rings is 2. The van der Waals surface area contributed by atoms with Gasteiger partial charge in [0.15, 0.2) is 11.5 Å². The third kappa shape index (κ3) is 5.59. The van der Waals surface area contributed by atoms with Gasteiger partial charge < -0.3 is 14.8 Å². The minimum absolute atomic E-state index is 0.0556. The zero-order chi connectivity index (χ0) is 19.9. The van der Waals surface area contributed by atoms with Crippen LogP contribution in [0.15, 0.2) is 54.6 Å². The number of hydrogen-bond acceptors (Lipinski definition) is 5. The summed E-state index contributed by atoms with van der Waals surface area (Å²) in [7, 11) is 0. The lowest BCUT2D eigenvalue weighted by Crippen LogP contribution is -2.49. The van der Waals surface area contributed by atoms with Gasteiger partial charge in [-0.1, -0.05) is 48.6 Å². The molecule has 6 nitrogen and oxygen atoms in total. The highest BCUT2D eigenvalue weighted by Crippen LogP contribution is 2.32. The van der Waals surface area contributed by atoms with Crippen LogP contribution in [0.25, 0.3) is 6.08 Å². The van der Waals surface area contributed by atoms with Crippen LogP contribution in [0.5, 0.6) is 11.5 Å². The summed E-state index contributed by atoms with van der Waals surface area (Å²) < 4.78 is 10.7. The van der Waals surface area contributed by atoms with Gasteiger partial charge in [-0.25, -0.2) is 0 Å². The third-order valence-electron chi connectivity index (χ3n) is 5.23. The molecule has 2 heterocycles. The van der Waals surface area contributed by atoms with Gasteiger partial charge in [-0.05, 0) is 23.3 Å². The van der Waals surface area contributed by atoms with E-state index in [2.05, 4.69) is 51.5 Å². The van der Waals surface area contributed by atoms with E-state index in [1.54, 1.807) is 0 Å². The molecule has 0 radical (unpaired) electrons. The van der Waals surface area contributed by atoms with Gasteiger partial charge in [-0.2, -0.15) is 0 Å². The van der Waals surface area contributed by atoms with Crippen molar-refractivity contribution >= 4 is 12.0 Å². The number of carbonyl (C=O) groups is 1. The second kappa shape index (κ2) is 9.58. The monoisotopic (exact) mass is 393 g/mol. The predicted molar refractivity (Wildman–Crippen MR) is 113 cm³/mol. The SMILES string of the molecule is O=C(CN1CCN(CC=Cc2ccccc2)CC1)NCc1ccc2c(c1)OCO2. The Morgan fingerprint density at radius 2 is 1.72 bits per heavy atom. The summed E-state index contributed by atoms with van der Waals surface area (Å²) in [4.78, 5) is 16.9. The molecule has 2 aromatic rings. The van der Waals surface area contributed by atoms with E-state index in [1.807, 2.05) is 24.3 Å². The van der Waals surface area contributed by atoms with Gasteiger partial charge in [0, 0.05) is 39.3 Å². The molecule has 1 amide bonds. The van der Waals surface area contributed by atoms with E-state index in [0.717, 1.165) is 49.8 Å². The van der Waals surface area contributed by atoms with Crippen LogP contribution in [0, 0.1) is 0 Å². The second-order valence-corrected chi connectivity index (χ2v) is 7.35. The van der Waals surface area contributed by atoms with Gasteiger partial charge >= 0.3 is 0 Å². The number of piperazine rings is 1. The summed E-state index contributed by atoms with van der Waals surface area (Å²) in [6.45, 7) is 5.94. The minimum atomic E-state index is 0.0556. The first-order valence-electron chi connectivity index (χ1n) is 10.1. The number of nitrogens with one attached hydrogen (secondary N) is 1. The lowest BCUT2D eigenvalue weighted by Gasteiger charge is -2.33. The fourth-order valence-electron chi connectivity index (χ4n) is 3.54. The maximum Gasteiger partial charge on any atom is 0.234 e. The van der Waals surface area contributed by atoms with Crippen LogP contribution in [0.1, 0.15) is 11.1 Å². The summed E-state index contributed by atoms with van der Waals surface area (Å²) in [6, 6.07) is 16.1. The smallest absolute Gasteiger partial charge is 0.234 e. The molecule has 1 N–H and O–H groups in total. The van der Waals surface area contributed by atoms with E-state index in [9.17, 15) is 4.79 Å². The van der Waals surface area contributed by atoms with Crippen molar-refractivity contribution in [1.82, 2.24) is 15.1 Å². The fourth-order valence-corrected chi connectivity index (χ4v) is 3.54. The highest BCUT2D eigenvalue weighted by molar-refractivity contribution is 5.78. The first-order chi connectivity index (χ1) is 14.3. The number of nitrogens with zero attached hydrogens (tertiary/aromatic N) is 2. The van der Waals surface area contributed by atoms with Gasteiger partial charge in [-0.3, -0.25) is 14.6 Å². The van der Waals surface area contributed by atoms with Gasteiger partial charge in [0.1, 0.15) is 0 Å². The number of carbonyl (C=O) groups excluding carboxylic acids is 1. The van der Waals surface area contributed by atoms with Crippen molar-refractivity contribution in [3.63, 3.8) is 0 Å². The average molecular weight is 393 g/mol. The molecule has 0 unspecified atom stereocenters. The quantitative estimate of drug-likeness (QED) is 0.783. The molecule has 2 aliphatic rings. The molecule has 0 bridgehead atoms. The van der Waals surface area contributed by atoms with Crippen LogP contribution in [0.3, 0.4) is 0 Å². The summed E-state index contributed by atoms with van der Waals surface area (Å²) >= 11 is 0. The van der Waals surface area contributed by atoms with Crippen LogP contribution in [-0.4, -0.2) is 61.8 Å². The Kier molecular flexibility index (Phi) is 6.44. The van der Waals surface area contributed by atoms with Crippen LogP contribution in [-0.2, 0) is 11.3 Å². The standard InChI is InChI=1S/C23H27N3O3/c27-23(24-16-20-8-9-21-22(15-20)29-18-28-21)17-26-13-11-25(12-14-26)10-4-7-19-5-2-1-3-6-19/h1-9,15H,10-14,16-18H2,(H,24,27). The van der Waals surface area contributed by atoms with E-state index in [4.69, 9.17) is 9.47 Å². The normalized spacial score (nSPS) is 17.0. The van der Waals surface area contributed by atoms with E-state index in [1.165, 1.54) is 5.56 Å². The van der Waals surface area contributed by atoms with Gasteiger partial charge in [0.25, 0.3) is 0 Å². The Morgan fingerprint density at radius 1 is 0.966 bits per heavy atom. The van der Waals surface area contributed by atoms with Crippen molar-refractivity contribution in [2.75, 3.05) is 46.1 Å². The van der Waals surface area contributed by atoms with Crippen molar-refractivity contribution in [2.45, 2.75) is 6.54 Å². The molecule has 6 heteroatoms. The van der Waals surface area contributed by atoms with Gasteiger partial charge in [-0.15, -0.1) is 0 Å². The summed E-state index contributed by atoms with van der Waals surface area (Å²) in [5.74, 6) is 1.56. The minimum Gasteiger partial charge on any atom is -0.454 e. The van der Waals surface area contributed by atoms with Crippen molar-refractivity contribution in [1.29, 1.82) is 0 Å². The van der Waals surface area contributed by atoms with Crippen molar-refractivity contribution in [3.05, 3.63) is 65.7 Å². The number of hydrogen-bond donors (Lipinski definition) is 1. The Morgan fingerprint density at radius 3 is 2.55 bits per heavy atom. The van der Waals surface area contributed by atoms with Crippen LogP contribution >= 0.6 is 0 Å². The lowest BCUT2D eigenvalue weighted by molar-refractivity contribution is -0.122. The number of amides is 1. The van der Waals surface area contributed by atoms with E-state index >= 15 is 0 Å². The average Bonchev–Trinajstić information content (AvgIpc) is 3.22. The van der Waals surface area contributed by atoms with Crippen LogP contribution in [0.4, 0.5) is 0 Å². The summed E-state index contributed by atoms with van der Waals surface area (Å²) in [5, 5.41) is 3.00. The highest BCUT2D eigenvalue weighted by Gasteiger charge is 2.18. The Hall–Kier alpha value is -2.83. The van der Waals surface area contributed by atoms with Crippen molar-refractivity contribution < 1.29 is 14.3 Å². The van der Waals surface area contributed by atoms with Gasteiger partial charge in [0.05, 0.1) is 6.54 Å². The molecule has 2 aromatic carbocycles. The highest BCUT2D eigenvalue weighted by atomic mass is 16.7. The largest absolute Gasteiger partial charge is 0.454 e. The zero-order valence-electron chi connectivity index (χ0n) is 16.5.